The number of piperidine rings is 1. The summed E-state index contributed by atoms with van der Waals surface area (Å²) in [4.78, 5) is 34.1. The number of fused-ring (bicyclic) bond motifs is 1. The van der Waals surface area contributed by atoms with Gasteiger partial charge in [0, 0.05) is 25.2 Å². The molecular formula is C20H27N5O2. The van der Waals surface area contributed by atoms with Gasteiger partial charge in [0.1, 0.15) is 0 Å². The van der Waals surface area contributed by atoms with E-state index in [9.17, 15) is 9.59 Å². The molecule has 0 bridgehead atoms. The molecule has 7 nitrogen and oxygen atoms in total. The molecule has 4 rings (SSSR count). The van der Waals surface area contributed by atoms with Crippen LogP contribution < -0.4 is 21.1 Å². The lowest BCUT2D eigenvalue weighted by Crippen LogP contribution is -2.50. The molecule has 0 atom stereocenters. The number of anilines is 1. The molecule has 2 aliphatic rings. The number of aromatic nitrogens is 2. The molecule has 1 aromatic carbocycles. The number of benzene rings is 1. The Bertz CT molecular complexity index is 851. The summed E-state index contributed by atoms with van der Waals surface area (Å²) in [7, 11) is 0. The molecule has 1 aliphatic carbocycles. The minimum Gasteiger partial charge on any atom is -0.342 e. The first-order valence-corrected chi connectivity index (χ1v) is 10.00. The highest BCUT2D eigenvalue weighted by atomic mass is 16.2. The van der Waals surface area contributed by atoms with Crippen molar-refractivity contribution in [3.05, 3.63) is 34.6 Å². The minimum absolute atomic E-state index is 0.0439. The first-order chi connectivity index (χ1) is 13.2. The number of rotatable bonds is 3. The molecule has 1 saturated carbocycles. The summed E-state index contributed by atoms with van der Waals surface area (Å²) < 4.78 is 0. The second kappa shape index (κ2) is 7.98. The number of H-pyrrole nitrogens is 1. The highest BCUT2D eigenvalue weighted by Crippen LogP contribution is 2.19. The number of nitrogens with one attached hydrogen (secondary N) is 3. The average Bonchev–Trinajstić information content (AvgIpc) is 2.69. The van der Waals surface area contributed by atoms with E-state index < -0.39 is 0 Å². The van der Waals surface area contributed by atoms with Crippen LogP contribution in [0.15, 0.2) is 29.1 Å². The van der Waals surface area contributed by atoms with E-state index in [1.54, 1.807) is 6.07 Å². The van der Waals surface area contributed by atoms with E-state index in [4.69, 9.17) is 0 Å². The normalized spacial score (nSPS) is 19.2. The van der Waals surface area contributed by atoms with Gasteiger partial charge in [0.05, 0.1) is 10.9 Å². The van der Waals surface area contributed by atoms with Gasteiger partial charge in [0.2, 0.25) is 5.95 Å². The number of hydrogen-bond acceptors (Lipinski definition) is 4. The second-order valence-corrected chi connectivity index (χ2v) is 7.62. The van der Waals surface area contributed by atoms with Crippen molar-refractivity contribution in [2.24, 2.45) is 0 Å². The van der Waals surface area contributed by atoms with E-state index in [0.717, 1.165) is 38.8 Å². The van der Waals surface area contributed by atoms with Gasteiger partial charge in [-0.15, -0.1) is 0 Å². The third kappa shape index (κ3) is 4.23. The van der Waals surface area contributed by atoms with Gasteiger partial charge in [0.25, 0.3) is 5.56 Å². The van der Waals surface area contributed by atoms with Gasteiger partial charge < -0.3 is 15.5 Å². The molecule has 2 heterocycles. The monoisotopic (exact) mass is 369 g/mol. The van der Waals surface area contributed by atoms with E-state index in [0.29, 0.717) is 22.9 Å². The van der Waals surface area contributed by atoms with Crippen LogP contribution in [0.2, 0.25) is 0 Å². The molecule has 0 unspecified atom stereocenters. The Hall–Kier alpha value is -2.57. The lowest BCUT2D eigenvalue weighted by Gasteiger charge is -2.33. The Labute approximate surface area is 158 Å². The van der Waals surface area contributed by atoms with Crippen molar-refractivity contribution in [3.63, 3.8) is 0 Å². The first-order valence-electron chi connectivity index (χ1n) is 10.00. The fourth-order valence-electron chi connectivity index (χ4n) is 4.12. The lowest BCUT2D eigenvalue weighted by molar-refractivity contribution is 0.226. The fraction of sp³-hybridized carbons (Fsp3) is 0.550. The maximum atomic E-state index is 12.3. The number of urea groups is 1. The molecule has 2 aromatic rings. The van der Waals surface area contributed by atoms with Gasteiger partial charge in [-0.1, -0.05) is 31.4 Å². The second-order valence-electron chi connectivity index (χ2n) is 7.62. The molecular weight excluding hydrogens is 342 g/mol. The lowest BCUT2D eigenvalue weighted by atomic mass is 9.96. The van der Waals surface area contributed by atoms with Crippen LogP contribution in [-0.2, 0) is 0 Å². The van der Waals surface area contributed by atoms with Gasteiger partial charge in [0.15, 0.2) is 0 Å². The van der Waals surface area contributed by atoms with Crippen LogP contribution in [0.25, 0.3) is 10.9 Å². The highest BCUT2D eigenvalue weighted by Gasteiger charge is 2.23. The molecule has 3 N–H and O–H groups in total. The van der Waals surface area contributed by atoms with Crippen LogP contribution >= 0.6 is 0 Å². The summed E-state index contributed by atoms with van der Waals surface area (Å²) >= 11 is 0. The number of nitrogens with zero attached hydrogens (tertiary/aromatic N) is 2. The Morgan fingerprint density at radius 3 is 2.41 bits per heavy atom. The fourth-order valence-corrected chi connectivity index (χ4v) is 4.12. The van der Waals surface area contributed by atoms with Gasteiger partial charge >= 0.3 is 6.03 Å². The van der Waals surface area contributed by atoms with Crippen LogP contribution in [0.4, 0.5) is 10.7 Å². The SMILES string of the molecule is O=C(NC1CCCCC1)NC1CCN(c2nc3ccccc3c(=O)[nH]2)CC1. The predicted molar refractivity (Wildman–Crippen MR) is 106 cm³/mol. The minimum atomic E-state index is -0.109. The van der Waals surface area contributed by atoms with Crippen molar-refractivity contribution >= 4 is 22.9 Å². The Balaban J connectivity index is 1.32. The highest BCUT2D eigenvalue weighted by molar-refractivity contribution is 5.78. The van der Waals surface area contributed by atoms with Gasteiger partial charge in [-0.25, -0.2) is 9.78 Å². The third-order valence-electron chi connectivity index (χ3n) is 5.67. The Kier molecular flexibility index (Phi) is 5.27. The quantitative estimate of drug-likeness (QED) is 0.775. The number of carbonyl (C=O) groups excluding carboxylic acids is 1. The summed E-state index contributed by atoms with van der Waals surface area (Å²) in [6.07, 6.45) is 7.56. The van der Waals surface area contributed by atoms with E-state index in [2.05, 4.69) is 25.5 Å². The van der Waals surface area contributed by atoms with Gasteiger partial charge in [-0.3, -0.25) is 9.78 Å². The summed E-state index contributed by atoms with van der Waals surface area (Å²) in [5.41, 5.74) is 0.603. The van der Waals surface area contributed by atoms with Gasteiger partial charge in [-0.05, 0) is 37.8 Å². The molecule has 27 heavy (non-hydrogen) atoms. The van der Waals surface area contributed by atoms with Crippen LogP contribution in [0, 0.1) is 0 Å². The third-order valence-corrected chi connectivity index (χ3v) is 5.67. The van der Waals surface area contributed by atoms with Crippen molar-refractivity contribution in [2.75, 3.05) is 18.0 Å². The van der Waals surface area contributed by atoms with Crippen LogP contribution in [0.3, 0.4) is 0 Å². The van der Waals surface area contributed by atoms with Crippen molar-refractivity contribution < 1.29 is 4.79 Å². The predicted octanol–water partition coefficient (Wildman–Crippen LogP) is 2.52. The molecule has 1 saturated heterocycles. The van der Waals surface area contributed by atoms with E-state index in [1.807, 2.05) is 18.2 Å². The van der Waals surface area contributed by atoms with Crippen molar-refractivity contribution in [1.29, 1.82) is 0 Å². The molecule has 2 fully saturated rings. The van der Waals surface area contributed by atoms with Crippen LogP contribution in [-0.4, -0.2) is 41.2 Å². The summed E-state index contributed by atoms with van der Waals surface area (Å²) in [6.45, 7) is 1.52. The van der Waals surface area contributed by atoms with Gasteiger partial charge in [-0.2, -0.15) is 0 Å². The molecule has 0 spiro atoms. The summed E-state index contributed by atoms with van der Waals surface area (Å²) in [5.74, 6) is 0.615. The zero-order chi connectivity index (χ0) is 18.6. The maximum Gasteiger partial charge on any atom is 0.315 e. The molecule has 144 valence electrons. The average molecular weight is 369 g/mol. The number of aromatic amines is 1. The summed E-state index contributed by atoms with van der Waals surface area (Å²) in [6, 6.07) is 7.82. The zero-order valence-electron chi connectivity index (χ0n) is 15.5. The molecule has 0 radical (unpaired) electrons. The van der Waals surface area contributed by atoms with Crippen LogP contribution in [0.5, 0.6) is 0 Å². The molecule has 2 amide bonds. The topological polar surface area (TPSA) is 90.1 Å². The van der Waals surface area contributed by atoms with E-state index in [1.165, 1.54) is 19.3 Å². The Morgan fingerprint density at radius 2 is 1.67 bits per heavy atom. The molecule has 1 aliphatic heterocycles. The molecule has 7 heteroatoms. The number of carbonyl (C=O) groups is 1. The van der Waals surface area contributed by atoms with E-state index in [-0.39, 0.29) is 17.6 Å². The van der Waals surface area contributed by atoms with Crippen molar-refractivity contribution in [1.82, 2.24) is 20.6 Å². The smallest absolute Gasteiger partial charge is 0.315 e. The zero-order valence-corrected chi connectivity index (χ0v) is 15.5. The summed E-state index contributed by atoms with van der Waals surface area (Å²) in [5, 5.41) is 6.83. The van der Waals surface area contributed by atoms with E-state index >= 15 is 0 Å². The van der Waals surface area contributed by atoms with Crippen molar-refractivity contribution in [2.45, 2.75) is 57.0 Å². The van der Waals surface area contributed by atoms with Crippen molar-refractivity contribution in [3.8, 4) is 0 Å². The largest absolute Gasteiger partial charge is 0.342 e. The maximum absolute atomic E-state index is 12.3. The Morgan fingerprint density at radius 1 is 1.00 bits per heavy atom. The number of para-hydroxylation sites is 1. The number of hydrogen-bond donors (Lipinski definition) is 3. The first kappa shape index (κ1) is 17.8. The molecule has 1 aromatic heterocycles. The number of amides is 2. The standard InChI is InChI=1S/C20H27N5O2/c26-18-16-8-4-5-9-17(16)23-19(24-18)25-12-10-15(11-13-25)22-20(27)21-14-6-2-1-3-7-14/h4-5,8-9,14-15H,1-3,6-7,10-13H2,(H2,21,22,27)(H,23,24,26). The van der Waals surface area contributed by atoms with Crippen LogP contribution in [0.1, 0.15) is 44.9 Å².